The molecule has 0 saturated carbocycles. The molecular weight excluding hydrogens is 250 g/mol. The minimum absolute atomic E-state index is 0.000746. The van der Waals surface area contributed by atoms with Gasteiger partial charge in [0.15, 0.2) is 0 Å². The SMILES string of the molecule is Cc1c(C(C)NC2c3ccccc3CC2O)cnn1C. The van der Waals surface area contributed by atoms with E-state index in [0.717, 1.165) is 12.1 Å². The predicted molar refractivity (Wildman–Crippen MR) is 78.4 cm³/mol. The Morgan fingerprint density at radius 3 is 2.85 bits per heavy atom. The largest absolute Gasteiger partial charge is 0.391 e. The van der Waals surface area contributed by atoms with Crippen LogP contribution in [0.3, 0.4) is 0 Å². The highest BCUT2D eigenvalue weighted by molar-refractivity contribution is 5.36. The number of rotatable bonds is 3. The lowest BCUT2D eigenvalue weighted by Gasteiger charge is -2.23. The summed E-state index contributed by atoms with van der Waals surface area (Å²) in [4.78, 5) is 0. The molecule has 4 nitrogen and oxygen atoms in total. The van der Waals surface area contributed by atoms with Crippen LogP contribution >= 0.6 is 0 Å². The monoisotopic (exact) mass is 271 g/mol. The maximum Gasteiger partial charge on any atom is 0.0775 e. The van der Waals surface area contributed by atoms with E-state index in [9.17, 15) is 5.11 Å². The van der Waals surface area contributed by atoms with Crippen molar-refractivity contribution >= 4 is 0 Å². The number of nitrogens with zero attached hydrogens (tertiary/aromatic N) is 2. The van der Waals surface area contributed by atoms with Crippen molar-refractivity contribution < 1.29 is 5.11 Å². The highest BCUT2D eigenvalue weighted by Gasteiger charge is 2.32. The molecule has 3 atom stereocenters. The van der Waals surface area contributed by atoms with Gasteiger partial charge in [-0.1, -0.05) is 24.3 Å². The lowest BCUT2D eigenvalue weighted by atomic mass is 10.0. The third-order valence-electron chi connectivity index (χ3n) is 4.37. The van der Waals surface area contributed by atoms with Gasteiger partial charge in [-0.05, 0) is 25.0 Å². The Morgan fingerprint density at radius 2 is 2.15 bits per heavy atom. The summed E-state index contributed by atoms with van der Waals surface area (Å²) in [5.41, 5.74) is 4.80. The zero-order valence-corrected chi connectivity index (χ0v) is 12.2. The number of aryl methyl sites for hydroxylation is 1. The summed E-state index contributed by atoms with van der Waals surface area (Å²) in [5, 5.41) is 18.1. The lowest BCUT2D eigenvalue weighted by Crippen LogP contribution is -2.31. The van der Waals surface area contributed by atoms with Crippen molar-refractivity contribution in [1.29, 1.82) is 0 Å². The Morgan fingerprint density at radius 1 is 1.40 bits per heavy atom. The molecule has 0 spiro atoms. The summed E-state index contributed by atoms with van der Waals surface area (Å²) >= 11 is 0. The molecular formula is C16H21N3O. The summed E-state index contributed by atoms with van der Waals surface area (Å²) in [5.74, 6) is 0. The molecule has 0 radical (unpaired) electrons. The van der Waals surface area contributed by atoms with Crippen LogP contribution in [0.5, 0.6) is 0 Å². The molecule has 1 aromatic heterocycles. The van der Waals surface area contributed by atoms with Crippen LogP contribution in [0.1, 0.15) is 41.4 Å². The van der Waals surface area contributed by atoms with Crippen molar-refractivity contribution in [3.8, 4) is 0 Å². The molecule has 1 aromatic carbocycles. The molecule has 0 aliphatic heterocycles. The van der Waals surface area contributed by atoms with E-state index in [1.165, 1.54) is 16.7 Å². The molecule has 1 aliphatic carbocycles. The van der Waals surface area contributed by atoms with Crippen LogP contribution in [0.2, 0.25) is 0 Å². The fourth-order valence-electron chi connectivity index (χ4n) is 3.07. The van der Waals surface area contributed by atoms with Crippen LogP contribution in [-0.2, 0) is 13.5 Å². The summed E-state index contributed by atoms with van der Waals surface area (Å²) in [6.07, 6.45) is 2.28. The van der Waals surface area contributed by atoms with Crippen molar-refractivity contribution in [2.75, 3.05) is 0 Å². The third kappa shape index (κ3) is 2.15. The molecule has 4 heteroatoms. The number of aromatic nitrogens is 2. The van der Waals surface area contributed by atoms with Crippen molar-refractivity contribution in [3.63, 3.8) is 0 Å². The van der Waals surface area contributed by atoms with Crippen LogP contribution in [-0.4, -0.2) is 21.0 Å². The first-order chi connectivity index (χ1) is 9.58. The van der Waals surface area contributed by atoms with Gasteiger partial charge in [-0.3, -0.25) is 4.68 Å². The van der Waals surface area contributed by atoms with Gasteiger partial charge >= 0.3 is 0 Å². The fourth-order valence-corrected chi connectivity index (χ4v) is 3.07. The first-order valence-electron chi connectivity index (χ1n) is 7.08. The summed E-state index contributed by atoms with van der Waals surface area (Å²) < 4.78 is 1.88. The highest BCUT2D eigenvalue weighted by Crippen LogP contribution is 2.33. The molecule has 106 valence electrons. The van der Waals surface area contributed by atoms with E-state index in [0.29, 0.717) is 0 Å². The normalized spacial score (nSPS) is 22.8. The molecule has 0 bridgehead atoms. The lowest BCUT2D eigenvalue weighted by molar-refractivity contribution is 0.136. The van der Waals surface area contributed by atoms with Gasteiger partial charge in [-0.2, -0.15) is 5.10 Å². The standard InChI is InChI=1S/C16H21N3O/c1-10(14-9-17-19(3)11(14)2)18-16-13-7-5-4-6-12(13)8-15(16)20/h4-7,9-10,15-16,18,20H,8H2,1-3H3. The molecule has 2 N–H and O–H groups in total. The van der Waals surface area contributed by atoms with Crippen molar-refractivity contribution in [2.24, 2.45) is 7.05 Å². The molecule has 1 heterocycles. The van der Waals surface area contributed by atoms with Crippen LogP contribution in [0, 0.1) is 6.92 Å². The summed E-state index contributed by atoms with van der Waals surface area (Å²) in [7, 11) is 1.95. The van der Waals surface area contributed by atoms with Crippen molar-refractivity contribution in [2.45, 2.75) is 38.5 Å². The van der Waals surface area contributed by atoms with E-state index in [1.54, 1.807) is 0 Å². The van der Waals surface area contributed by atoms with Gasteiger partial charge < -0.3 is 10.4 Å². The number of benzene rings is 1. The van der Waals surface area contributed by atoms with Gasteiger partial charge in [0.25, 0.3) is 0 Å². The number of hydrogen-bond donors (Lipinski definition) is 2. The minimum Gasteiger partial charge on any atom is -0.391 e. The molecule has 2 aromatic rings. The highest BCUT2D eigenvalue weighted by atomic mass is 16.3. The van der Waals surface area contributed by atoms with E-state index in [2.05, 4.69) is 36.4 Å². The average molecular weight is 271 g/mol. The van der Waals surface area contributed by atoms with Crippen molar-refractivity contribution in [3.05, 3.63) is 52.8 Å². The van der Waals surface area contributed by atoms with Crippen LogP contribution in [0.15, 0.2) is 30.5 Å². The molecule has 3 rings (SSSR count). The van der Waals surface area contributed by atoms with Gasteiger partial charge in [0.05, 0.1) is 18.3 Å². The van der Waals surface area contributed by atoms with Crippen molar-refractivity contribution in [1.82, 2.24) is 15.1 Å². The number of hydrogen-bond acceptors (Lipinski definition) is 3. The smallest absolute Gasteiger partial charge is 0.0775 e. The van der Waals surface area contributed by atoms with Gasteiger partial charge in [-0.15, -0.1) is 0 Å². The Labute approximate surface area is 119 Å². The second kappa shape index (κ2) is 5.04. The average Bonchev–Trinajstić information content (AvgIpc) is 2.92. The van der Waals surface area contributed by atoms with Gasteiger partial charge in [0.1, 0.15) is 0 Å². The number of aliphatic hydroxyl groups is 1. The minimum atomic E-state index is -0.355. The second-order valence-corrected chi connectivity index (χ2v) is 5.65. The van der Waals surface area contributed by atoms with Crippen LogP contribution in [0.25, 0.3) is 0 Å². The quantitative estimate of drug-likeness (QED) is 0.898. The molecule has 0 saturated heterocycles. The van der Waals surface area contributed by atoms with E-state index in [4.69, 9.17) is 0 Å². The maximum atomic E-state index is 10.3. The van der Waals surface area contributed by atoms with Gasteiger partial charge in [0.2, 0.25) is 0 Å². The molecule has 3 unspecified atom stereocenters. The zero-order chi connectivity index (χ0) is 14.3. The Kier molecular flexibility index (Phi) is 3.36. The van der Waals surface area contributed by atoms with E-state index in [-0.39, 0.29) is 18.2 Å². The first kappa shape index (κ1) is 13.3. The van der Waals surface area contributed by atoms with Crippen LogP contribution < -0.4 is 5.32 Å². The Hall–Kier alpha value is -1.65. The van der Waals surface area contributed by atoms with E-state index >= 15 is 0 Å². The molecule has 0 amide bonds. The topological polar surface area (TPSA) is 50.1 Å². The maximum absolute atomic E-state index is 10.3. The third-order valence-corrected chi connectivity index (χ3v) is 4.37. The molecule has 0 fully saturated rings. The van der Waals surface area contributed by atoms with E-state index in [1.807, 2.05) is 30.1 Å². The van der Waals surface area contributed by atoms with Crippen LogP contribution in [0.4, 0.5) is 0 Å². The van der Waals surface area contributed by atoms with Gasteiger partial charge in [0, 0.05) is 30.8 Å². The number of fused-ring (bicyclic) bond motifs is 1. The molecule has 1 aliphatic rings. The molecule has 20 heavy (non-hydrogen) atoms. The first-order valence-corrected chi connectivity index (χ1v) is 7.08. The fraction of sp³-hybridized carbons (Fsp3) is 0.438. The van der Waals surface area contributed by atoms with E-state index < -0.39 is 0 Å². The second-order valence-electron chi connectivity index (χ2n) is 5.65. The predicted octanol–water partition coefficient (Wildman–Crippen LogP) is 2.04. The van der Waals surface area contributed by atoms with Gasteiger partial charge in [-0.25, -0.2) is 0 Å². The number of aliphatic hydroxyl groups excluding tert-OH is 1. The summed E-state index contributed by atoms with van der Waals surface area (Å²) in [6, 6.07) is 8.43. The number of nitrogens with one attached hydrogen (secondary N) is 1. The zero-order valence-electron chi connectivity index (χ0n) is 12.2. The Balaban J connectivity index is 1.83. The summed E-state index contributed by atoms with van der Waals surface area (Å²) in [6.45, 7) is 4.19. The Bertz CT molecular complexity index is 620.